The van der Waals surface area contributed by atoms with E-state index < -0.39 is 32.1 Å². The van der Waals surface area contributed by atoms with E-state index in [2.05, 4.69) is 74.4 Å². The number of alkyl halides is 1. The molecule has 4 amide bonds. The van der Waals surface area contributed by atoms with Crippen LogP contribution in [-0.2, 0) is 20.0 Å². The molecule has 0 aromatic heterocycles. The van der Waals surface area contributed by atoms with Crippen molar-refractivity contribution in [1.29, 1.82) is 0 Å². The molecule has 62 heavy (non-hydrogen) atoms. The molecule has 0 radical (unpaired) electrons. The highest BCUT2D eigenvalue weighted by Gasteiger charge is 2.16. The molecule has 0 aliphatic carbocycles. The van der Waals surface area contributed by atoms with Gasteiger partial charge in [-0.2, -0.15) is 0 Å². The molecule has 18 heteroatoms. The number of para-hydroxylation sites is 2. The zero-order chi connectivity index (χ0) is 44.6. The van der Waals surface area contributed by atoms with Gasteiger partial charge in [0.05, 0.1) is 30.9 Å². The number of anilines is 7. The third-order valence-electron chi connectivity index (χ3n) is 8.44. The fourth-order valence-corrected chi connectivity index (χ4v) is 7.41. The van der Waals surface area contributed by atoms with E-state index in [1.54, 1.807) is 78.9 Å². The van der Waals surface area contributed by atoms with Crippen LogP contribution < -0.4 is 64.1 Å². The standard InChI is InChI=1S/C22H24N4O3S.C21H22N4O3S.CH3I.HI/c1-26(2,3)20-13-9-17(10-14-20)23-22(27)24-18-11-15-21(16-12-18)30(28,29)25-19-7-5-4-6-8-19;1-25(2)19-12-8-16(9-13-19)22-21(26)23-17-10-14-20(15-11-17)29(27,28)24-18-6-4-3-5-7-18;1-2;/h4-16,25H,1-3H3,(H-,23,24,27);3-15,24H,1-2H3,(H2,22,23,26);1H3;1H. The van der Waals surface area contributed by atoms with Crippen LogP contribution in [0.2, 0.25) is 0 Å². The summed E-state index contributed by atoms with van der Waals surface area (Å²) in [4.78, 5) is 28.5. The van der Waals surface area contributed by atoms with Crippen molar-refractivity contribution in [2.75, 3.05) is 75.8 Å². The molecule has 0 heterocycles. The molecular formula is C44H50I2N8O6S2. The fraction of sp³-hybridized carbons (Fsp3) is 0.136. The summed E-state index contributed by atoms with van der Waals surface area (Å²) >= 11 is 2.15. The van der Waals surface area contributed by atoms with Crippen molar-refractivity contribution < 1.29 is 50.4 Å². The summed E-state index contributed by atoms with van der Waals surface area (Å²) < 4.78 is 55.5. The van der Waals surface area contributed by atoms with Gasteiger partial charge in [0.25, 0.3) is 20.0 Å². The quantitative estimate of drug-likeness (QED) is 0.0456. The van der Waals surface area contributed by atoms with Crippen LogP contribution in [0.4, 0.5) is 55.1 Å². The SMILES string of the molecule is CI.CN(C)c1ccc(NC(=O)Nc2ccc(S(=O)(=O)Nc3ccccc3)cc2)cc1.C[N+](C)(C)c1ccc(NC(=O)Nc2ccc(S(=O)(=O)Nc3ccccc3)cc2)cc1.[I-]. The number of benzene rings is 6. The van der Waals surface area contributed by atoms with Crippen molar-refractivity contribution in [2.45, 2.75) is 9.79 Å². The van der Waals surface area contributed by atoms with Gasteiger partial charge in [-0.15, -0.1) is 0 Å². The molecule has 6 N–H and O–H groups in total. The molecule has 0 spiro atoms. The summed E-state index contributed by atoms with van der Waals surface area (Å²) in [6.07, 6.45) is 0. The number of urea groups is 2. The highest BCUT2D eigenvalue weighted by atomic mass is 127. The molecule has 0 saturated heterocycles. The van der Waals surface area contributed by atoms with Crippen LogP contribution in [0.5, 0.6) is 0 Å². The maximum atomic E-state index is 12.5. The first-order valence-corrected chi connectivity index (χ1v) is 23.7. The normalized spacial score (nSPS) is 10.8. The molecule has 6 rings (SSSR count). The Hall–Kier alpha value is -5.42. The minimum Gasteiger partial charge on any atom is -1.00 e. The Morgan fingerprint density at radius 3 is 1.03 bits per heavy atom. The fourth-order valence-electron chi connectivity index (χ4n) is 5.30. The number of rotatable bonds is 12. The molecule has 6 aromatic carbocycles. The Kier molecular flexibility index (Phi) is 19.5. The van der Waals surface area contributed by atoms with Crippen LogP contribution in [-0.4, -0.2) is 69.1 Å². The zero-order valence-electron chi connectivity index (χ0n) is 34.9. The number of halogens is 2. The van der Waals surface area contributed by atoms with Gasteiger partial charge in [0.1, 0.15) is 5.69 Å². The number of quaternary nitrogens is 1. The first-order valence-electron chi connectivity index (χ1n) is 18.6. The van der Waals surface area contributed by atoms with E-state index in [0.717, 1.165) is 11.4 Å². The van der Waals surface area contributed by atoms with Gasteiger partial charge in [-0.05, 0) is 114 Å². The van der Waals surface area contributed by atoms with Crippen LogP contribution in [0.25, 0.3) is 0 Å². The lowest BCUT2D eigenvalue weighted by atomic mass is 10.2. The lowest BCUT2D eigenvalue weighted by Crippen LogP contribution is -3.00. The van der Waals surface area contributed by atoms with E-state index in [-0.39, 0.29) is 33.8 Å². The molecule has 6 aromatic rings. The van der Waals surface area contributed by atoms with Crippen LogP contribution in [0, 0.1) is 0 Å². The Balaban J connectivity index is 0.000000313. The maximum absolute atomic E-state index is 12.5. The van der Waals surface area contributed by atoms with E-state index in [0.29, 0.717) is 38.6 Å². The van der Waals surface area contributed by atoms with Crippen LogP contribution in [0.1, 0.15) is 0 Å². The van der Waals surface area contributed by atoms with Gasteiger partial charge in [0, 0.05) is 66.0 Å². The summed E-state index contributed by atoms with van der Waals surface area (Å²) in [6.45, 7) is 0. The summed E-state index contributed by atoms with van der Waals surface area (Å²) in [5.41, 5.74) is 5.37. The molecule has 0 fully saturated rings. The van der Waals surface area contributed by atoms with E-state index in [1.165, 1.54) is 36.4 Å². The first kappa shape index (κ1) is 50.9. The van der Waals surface area contributed by atoms with Crippen molar-refractivity contribution in [2.24, 2.45) is 0 Å². The van der Waals surface area contributed by atoms with Crippen molar-refractivity contribution in [3.05, 3.63) is 158 Å². The lowest BCUT2D eigenvalue weighted by Gasteiger charge is -2.23. The third-order valence-corrected chi connectivity index (χ3v) is 11.2. The van der Waals surface area contributed by atoms with Crippen molar-refractivity contribution in [3.63, 3.8) is 0 Å². The number of amides is 4. The number of nitrogens with one attached hydrogen (secondary N) is 6. The maximum Gasteiger partial charge on any atom is 0.323 e. The molecule has 0 saturated carbocycles. The number of carbonyl (C=O) groups is 2. The Morgan fingerprint density at radius 2 is 0.742 bits per heavy atom. The smallest absolute Gasteiger partial charge is 0.323 e. The predicted octanol–water partition coefficient (Wildman–Crippen LogP) is 6.58. The minimum atomic E-state index is -3.70. The summed E-state index contributed by atoms with van der Waals surface area (Å²) in [5.74, 6) is 0. The van der Waals surface area contributed by atoms with Crippen molar-refractivity contribution in [1.82, 2.24) is 4.48 Å². The van der Waals surface area contributed by atoms with Gasteiger partial charge in [-0.1, -0.05) is 59.0 Å². The number of carbonyl (C=O) groups excluding carboxylic acids is 2. The number of sulfonamides is 2. The van der Waals surface area contributed by atoms with Gasteiger partial charge in [-0.3, -0.25) is 13.9 Å². The highest BCUT2D eigenvalue weighted by Crippen LogP contribution is 2.22. The van der Waals surface area contributed by atoms with Crippen LogP contribution in [0.15, 0.2) is 168 Å². The molecule has 0 unspecified atom stereocenters. The van der Waals surface area contributed by atoms with Gasteiger partial charge in [0.2, 0.25) is 0 Å². The van der Waals surface area contributed by atoms with Gasteiger partial charge in [0.15, 0.2) is 0 Å². The van der Waals surface area contributed by atoms with E-state index in [1.807, 2.05) is 66.4 Å². The summed E-state index contributed by atoms with van der Waals surface area (Å²) in [7, 11) is 2.67. The Bertz CT molecular complexity index is 2550. The second-order valence-corrected chi connectivity index (χ2v) is 17.5. The highest BCUT2D eigenvalue weighted by molar-refractivity contribution is 14.1. The largest absolute Gasteiger partial charge is 1.00 e. The molecule has 0 atom stereocenters. The predicted molar refractivity (Wildman–Crippen MR) is 259 cm³/mol. The second kappa shape index (κ2) is 23.7. The van der Waals surface area contributed by atoms with Gasteiger partial charge in [-0.25, -0.2) is 26.4 Å². The van der Waals surface area contributed by atoms with Crippen LogP contribution in [0.3, 0.4) is 0 Å². The van der Waals surface area contributed by atoms with Gasteiger partial charge >= 0.3 is 12.1 Å². The summed E-state index contributed by atoms with van der Waals surface area (Å²) in [6, 6.07) is 43.4. The van der Waals surface area contributed by atoms with E-state index in [4.69, 9.17) is 0 Å². The Labute approximate surface area is 395 Å². The lowest BCUT2D eigenvalue weighted by molar-refractivity contribution is -0.0000229. The molecular weight excluding hydrogens is 1050 g/mol. The van der Waals surface area contributed by atoms with Crippen molar-refractivity contribution >= 4 is 100 Å². The monoisotopic (exact) mass is 1100 g/mol. The Morgan fingerprint density at radius 1 is 0.452 bits per heavy atom. The molecule has 14 nitrogen and oxygen atoms in total. The average molecular weight is 1100 g/mol. The molecule has 328 valence electrons. The van der Waals surface area contributed by atoms with Gasteiger partial charge < -0.3 is 50.1 Å². The minimum absolute atomic E-state index is 0. The molecule has 0 aliphatic rings. The average Bonchev–Trinajstić information content (AvgIpc) is 3.23. The molecule has 0 bridgehead atoms. The topological polar surface area (TPSA) is 178 Å². The summed E-state index contributed by atoms with van der Waals surface area (Å²) in [5, 5.41) is 10.9. The zero-order valence-corrected chi connectivity index (χ0v) is 40.9. The number of hydrogen-bond donors (Lipinski definition) is 6. The number of nitrogens with zero attached hydrogens (tertiary/aromatic N) is 2. The van der Waals surface area contributed by atoms with Crippen molar-refractivity contribution in [3.8, 4) is 0 Å². The van der Waals surface area contributed by atoms with Crippen LogP contribution >= 0.6 is 22.6 Å². The van der Waals surface area contributed by atoms with E-state index in [9.17, 15) is 26.4 Å². The first-order chi connectivity index (χ1) is 29.0. The number of hydrogen-bond acceptors (Lipinski definition) is 7. The third kappa shape index (κ3) is 16.1. The second-order valence-electron chi connectivity index (χ2n) is 14.2. The molecule has 0 aliphatic heterocycles. The van der Waals surface area contributed by atoms with E-state index >= 15 is 0 Å².